The average Bonchev–Trinajstić information content (AvgIpc) is 3.39. The van der Waals surface area contributed by atoms with Crippen molar-refractivity contribution in [3.63, 3.8) is 0 Å². The number of hydrogen-bond donors (Lipinski definition) is 0. The molecule has 0 aromatic heterocycles. The summed E-state index contributed by atoms with van der Waals surface area (Å²) in [6, 6.07) is 0. The Balaban J connectivity index is 4.15. The van der Waals surface area contributed by atoms with Gasteiger partial charge in [-0.2, -0.15) is 0 Å². The fourth-order valence-corrected chi connectivity index (χ4v) is 8.52. The monoisotopic (exact) mass is 1010 g/mol. The van der Waals surface area contributed by atoms with Gasteiger partial charge in [-0.3, -0.25) is 14.4 Å². The van der Waals surface area contributed by atoms with Crippen molar-refractivity contribution in [3.05, 3.63) is 97.2 Å². The van der Waals surface area contributed by atoms with Gasteiger partial charge < -0.3 is 14.2 Å². The first-order chi connectivity index (χ1) is 36.0. The lowest BCUT2D eigenvalue weighted by molar-refractivity contribution is -0.167. The van der Waals surface area contributed by atoms with Crippen LogP contribution in [0, 0.1) is 0 Å². The molecule has 418 valence electrons. The minimum Gasteiger partial charge on any atom is -0.462 e. The maximum Gasteiger partial charge on any atom is 0.306 e. The number of ether oxygens (including phenoxy) is 3. The van der Waals surface area contributed by atoms with E-state index in [0.29, 0.717) is 19.3 Å². The predicted molar refractivity (Wildman–Crippen MR) is 316 cm³/mol. The molecule has 0 fully saturated rings. The number of carbonyl (C=O) groups is 3. The van der Waals surface area contributed by atoms with E-state index in [1.807, 2.05) is 0 Å². The smallest absolute Gasteiger partial charge is 0.306 e. The molecule has 0 rings (SSSR count). The molecule has 0 spiro atoms. The van der Waals surface area contributed by atoms with Crippen LogP contribution in [-0.2, 0) is 28.6 Å². The van der Waals surface area contributed by atoms with E-state index >= 15 is 0 Å². The van der Waals surface area contributed by atoms with Gasteiger partial charge in [0.15, 0.2) is 6.10 Å². The number of rotatable bonds is 55. The number of carbonyl (C=O) groups excluding carboxylic acids is 3. The lowest BCUT2D eigenvalue weighted by atomic mass is 10.0. The van der Waals surface area contributed by atoms with E-state index in [2.05, 4.69) is 118 Å². The second-order valence-corrected chi connectivity index (χ2v) is 20.2. The van der Waals surface area contributed by atoms with Gasteiger partial charge in [-0.15, -0.1) is 0 Å². The Labute approximate surface area is 451 Å². The Morgan fingerprint density at radius 2 is 0.534 bits per heavy atom. The Kier molecular flexibility index (Phi) is 57.8. The first kappa shape index (κ1) is 69.3. The summed E-state index contributed by atoms with van der Waals surface area (Å²) in [6.45, 7) is 6.51. The molecular formula is C67H114O6. The highest BCUT2D eigenvalue weighted by molar-refractivity contribution is 5.71. The molecule has 0 aromatic carbocycles. The van der Waals surface area contributed by atoms with Crippen molar-refractivity contribution in [2.75, 3.05) is 13.2 Å². The van der Waals surface area contributed by atoms with Crippen molar-refractivity contribution < 1.29 is 28.6 Å². The fraction of sp³-hybridized carbons (Fsp3) is 0.716. The van der Waals surface area contributed by atoms with Crippen LogP contribution in [0.1, 0.15) is 290 Å². The highest BCUT2D eigenvalue weighted by atomic mass is 16.6. The number of allylic oxidation sites excluding steroid dienone is 16. The third kappa shape index (κ3) is 59.1. The van der Waals surface area contributed by atoms with Crippen molar-refractivity contribution in [1.29, 1.82) is 0 Å². The Morgan fingerprint density at radius 3 is 0.836 bits per heavy atom. The van der Waals surface area contributed by atoms with Gasteiger partial charge in [0.05, 0.1) is 0 Å². The minimum absolute atomic E-state index is 0.0756. The van der Waals surface area contributed by atoms with Gasteiger partial charge in [-0.1, -0.05) is 285 Å². The maximum absolute atomic E-state index is 12.8. The molecule has 0 heterocycles. The van der Waals surface area contributed by atoms with Gasteiger partial charge in [-0.25, -0.2) is 0 Å². The van der Waals surface area contributed by atoms with Crippen LogP contribution in [0.2, 0.25) is 0 Å². The van der Waals surface area contributed by atoms with Crippen molar-refractivity contribution in [2.24, 2.45) is 0 Å². The highest BCUT2D eigenvalue weighted by Crippen LogP contribution is 2.16. The van der Waals surface area contributed by atoms with E-state index in [4.69, 9.17) is 14.2 Å². The van der Waals surface area contributed by atoms with Gasteiger partial charge >= 0.3 is 17.9 Å². The standard InChI is InChI=1S/C67H114O6/c1-4-7-10-13-16-19-21-23-24-25-26-27-28-29-30-31-32-33-34-35-36-37-38-39-40-41-42-44-45-48-51-54-57-60-66(69)72-63-64(62-71-65(68)59-56-53-50-47-18-15-12-9-6-3)73-67(70)61-58-55-52-49-46-43-22-20-17-14-11-8-5-2/h7,10,16,19,23-24,26-27,29-30,32-33,35-36,38-39,64H,4-6,8-9,11-15,17-18,20-22,25,28,31,34,37,40-63H2,1-3H3/b10-7-,19-16-,24-23-,27-26-,30-29-,33-32-,36-35-,39-38-. The van der Waals surface area contributed by atoms with E-state index < -0.39 is 6.10 Å². The summed E-state index contributed by atoms with van der Waals surface area (Å²) in [5.41, 5.74) is 0. The van der Waals surface area contributed by atoms with Gasteiger partial charge in [-0.05, 0) is 83.5 Å². The largest absolute Gasteiger partial charge is 0.462 e. The zero-order valence-corrected chi connectivity index (χ0v) is 47.9. The molecule has 0 radical (unpaired) electrons. The zero-order chi connectivity index (χ0) is 52.9. The molecule has 0 aliphatic heterocycles. The van der Waals surface area contributed by atoms with Crippen LogP contribution in [0.3, 0.4) is 0 Å². The molecule has 1 unspecified atom stereocenters. The van der Waals surface area contributed by atoms with E-state index in [1.54, 1.807) is 0 Å². The number of hydrogen-bond acceptors (Lipinski definition) is 6. The normalized spacial score (nSPS) is 12.8. The molecule has 0 amide bonds. The lowest BCUT2D eigenvalue weighted by Gasteiger charge is -2.18. The summed E-state index contributed by atoms with van der Waals surface area (Å²) in [7, 11) is 0. The molecule has 6 heteroatoms. The molecule has 0 saturated carbocycles. The quantitative estimate of drug-likeness (QED) is 0.0261. The van der Waals surface area contributed by atoms with Crippen LogP contribution in [0.5, 0.6) is 0 Å². The SMILES string of the molecule is CC/C=C\C/C=C\C/C=C\C/C=C\C/C=C\C/C=C\C/C=C\C/C=C\CCCCCCCCCCC(=O)OCC(COC(=O)CCCCCCCCCCC)OC(=O)CCCCCCCCCCCCCCC. The summed E-state index contributed by atoms with van der Waals surface area (Å²) in [4.78, 5) is 38.0. The van der Waals surface area contributed by atoms with E-state index in [9.17, 15) is 14.4 Å². The van der Waals surface area contributed by atoms with Crippen molar-refractivity contribution in [1.82, 2.24) is 0 Å². The van der Waals surface area contributed by atoms with Crippen molar-refractivity contribution >= 4 is 17.9 Å². The third-order valence-corrected chi connectivity index (χ3v) is 13.1. The summed E-state index contributed by atoms with van der Waals surface area (Å²) < 4.78 is 16.8. The van der Waals surface area contributed by atoms with Crippen LogP contribution in [0.25, 0.3) is 0 Å². The first-order valence-electron chi connectivity index (χ1n) is 30.7. The van der Waals surface area contributed by atoms with Crippen LogP contribution in [0.15, 0.2) is 97.2 Å². The Bertz CT molecular complexity index is 1440. The van der Waals surface area contributed by atoms with Crippen LogP contribution >= 0.6 is 0 Å². The Hall–Kier alpha value is -3.67. The molecular weight excluding hydrogens is 901 g/mol. The molecule has 0 aliphatic carbocycles. The Morgan fingerprint density at radius 1 is 0.288 bits per heavy atom. The van der Waals surface area contributed by atoms with Crippen molar-refractivity contribution in [2.45, 2.75) is 297 Å². The van der Waals surface area contributed by atoms with E-state index in [-0.39, 0.29) is 31.1 Å². The number of unbranched alkanes of at least 4 members (excludes halogenated alkanes) is 28. The van der Waals surface area contributed by atoms with Gasteiger partial charge in [0, 0.05) is 19.3 Å². The molecule has 6 nitrogen and oxygen atoms in total. The van der Waals surface area contributed by atoms with Gasteiger partial charge in [0.25, 0.3) is 0 Å². The fourth-order valence-electron chi connectivity index (χ4n) is 8.52. The maximum atomic E-state index is 12.8. The van der Waals surface area contributed by atoms with Gasteiger partial charge in [0.1, 0.15) is 13.2 Å². The minimum atomic E-state index is -0.776. The van der Waals surface area contributed by atoms with E-state index in [0.717, 1.165) is 116 Å². The van der Waals surface area contributed by atoms with Crippen LogP contribution in [-0.4, -0.2) is 37.2 Å². The molecule has 0 aliphatic rings. The average molecular weight is 1020 g/mol. The topological polar surface area (TPSA) is 78.9 Å². The molecule has 73 heavy (non-hydrogen) atoms. The summed E-state index contributed by atoms with van der Waals surface area (Å²) >= 11 is 0. The summed E-state index contributed by atoms with van der Waals surface area (Å²) in [5.74, 6) is -0.880. The second kappa shape index (κ2) is 60.9. The molecule has 0 aromatic rings. The molecule has 0 bridgehead atoms. The second-order valence-electron chi connectivity index (χ2n) is 20.2. The first-order valence-corrected chi connectivity index (χ1v) is 30.7. The van der Waals surface area contributed by atoms with Crippen LogP contribution in [0.4, 0.5) is 0 Å². The van der Waals surface area contributed by atoms with Crippen molar-refractivity contribution in [3.8, 4) is 0 Å². The van der Waals surface area contributed by atoms with Crippen LogP contribution < -0.4 is 0 Å². The number of esters is 3. The lowest BCUT2D eigenvalue weighted by Crippen LogP contribution is -2.30. The highest BCUT2D eigenvalue weighted by Gasteiger charge is 2.19. The third-order valence-electron chi connectivity index (χ3n) is 13.1. The summed E-state index contributed by atoms with van der Waals surface area (Å²) in [6.07, 6.45) is 81.3. The van der Waals surface area contributed by atoms with E-state index in [1.165, 1.54) is 135 Å². The molecule has 0 N–H and O–H groups in total. The predicted octanol–water partition coefficient (Wildman–Crippen LogP) is 20.9. The molecule has 1 atom stereocenters. The molecule has 0 saturated heterocycles. The van der Waals surface area contributed by atoms with Gasteiger partial charge in [0.2, 0.25) is 0 Å². The summed E-state index contributed by atoms with van der Waals surface area (Å²) in [5, 5.41) is 0. The zero-order valence-electron chi connectivity index (χ0n) is 47.9.